The molecule has 0 N–H and O–H groups in total. The van der Waals surface area contributed by atoms with Gasteiger partial charge in [0, 0.05) is 6.07 Å². The van der Waals surface area contributed by atoms with E-state index in [0.29, 0.717) is 5.75 Å². The van der Waals surface area contributed by atoms with Crippen molar-refractivity contribution in [2.75, 3.05) is 7.11 Å². The number of methoxy groups -OCH3 is 1. The van der Waals surface area contributed by atoms with E-state index in [4.69, 9.17) is 9.15 Å². The van der Waals surface area contributed by atoms with Crippen molar-refractivity contribution in [3.8, 4) is 22.8 Å². The summed E-state index contributed by atoms with van der Waals surface area (Å²) in [6.45, 7) is 0. The number of nitrogens with zero attached hydrogens (tertiary/aromatic N) is 4. The summed E-state index contributed by atoms with van der Waals surface area (Å²) in [6.07, 6.45) is 3.16. The number of rotatable bonds is 3. The minimum absolute atomic E-state index is 0.706. The highest BCUT2D eigenvalue weighted by Crippen LogP contribution is 2.31. The molecule has 0 saturated heterocycles. The number of hydrogen-bond donors (Lipinski definition) is 0. The van der Waals surface area contributed by atoms with Gasteiger partial charge in [0.15, 0.2) is 0 Å². The lowest BCUT2D eigenvalue weighted by Gasteiger charge is -2.08. The Balaban J connectivity index is 2.08. The van der Waals surface area contributed by atoms with Crippen molar-refractivity contribution in [1.82, 2.24) is 20.2 Å². The molecule has 2 heterocycles. The molecular formula is C12H10N4O2. The molecular weight excluding hydrogens is 232 g/mol. The highest BCUT2D eigenvalue weighted by Gasteiger charge is 2.10. The van der Waals surface area contributed by atoms with Crippen molar-refractivity contribution in [2.45, 2.75) is 0 Å². The fraction of sp³-hybridized carbons (Fsp3) is 0.0833. The number of hydrogen-bond acceptors (Lipinski definition) is 5. The minimum atomic E-state index is 0.706. The highest BCUT2D eigenvalue weighted by atomic mass is 16.5. The van der Waals surface area contributed by atoms with Gasteiger partial charge in [0.25, 0.3) is 0 Å². The third-order valence-corrected chi connectivity index (χ3v) is 2.59. The molecule has 0 aliphatic carbocycles. The monoisotopic (exact) mass is 242 g/mol. The van der Waals surface area contributed by atoms with Gasteiger partial charge in [0.05, 0.1) is 24.6 Å². The largest absolute Gasteiger partial charge is 0.496 e. The summed E-state index contributed by atoms with van der Waals surface area (Å²) in [5.41, 5.74) is 1.71. The molecule has 0 aliphatic heterocycles. The third-order valence-electron chi connectivity index (χ3n) is 2.59. The maximum absolute atomic E-state index is 5.37. The van der Waals surface area contributed by atoms with Crippen LogP contribution in [0.25, 0.3) is 17.0 Å². The van der Waals surface area contributed by atoms with Crippen molar-refractivity contribution in [1.29, 1.82) is 0 Å². The van der Waals surface area contributed by atoms with E-state index in [1.165, 1.54) is 6.33 Å². The van der Waals surface area contributed by atoms with E-state index in [9.17, 15) is 0 Å². The van der Waals surface area contributed by atoms with Crippen LogP contribution in [0.15, 0.2) is 47.3 Å². The van der Waals surface area contributed by atoms with E-state index < -0.39 is 0 Å². The summed E-state index contributed by atoms with van der Waals surface area (Å²) in [5.74, 6) is 1.47. The molecule has 0 radical (unpaired) electrons. The van der Waals surface area contributed by atoms with Gasteiger partial charge in [-0.1, -0.05) is 0 Å². The molecule has 1 aromatic carbocycles. The number of benzene rings is 1. The molecule has 90 valence electrons. The Hall–Kier alpha value is -2.63. The SMILES string of the molecule is COc1cc(-n2cnnn2)ccc1-c1ccco1. The first-order valence-corrected chi connectivity index (χ1v) is 5.34. The van der Waals surface area contributed by atoms with Crippen LogP contribution in [-0.4, -0.2) is 27.3 Å². The van der Waals surface area contributed by atoms with E-state index in [2.05, 4.69) is 15.5 Å². The predicted octanol–water partition coefficient (Wildman–Crippen LogP) is 1.93. The normalized spacial score (nSPS) is 10.5. The average molecular weight is 242 g/mol. The van der Waals surface area contributed by atoms with E-state index in [-0.39, 0.29) is 0 Å². The first-order chi connectivity index (χ1) is 8.88. The van der Waals surface area contributed by atoms with E-state index >= 15 is 0 Å². The first kappa shape index (κ1) is 10.5. The van der Waals surface area contributed by atoms with Crippen LogP contribution in [0.4, 0.5) is 0 Å². The van der Waals surface area contributed by atoms with Gasteiger partial charge in [-0.2, -0.15) is 0 Å². The molecule has 0 spiro atoms. The Morgan fingerprint density at radius 2 is 2.22 bits per heavy atom. The number of ether oxygens (including phenoxy) is 1. The molecule has 6 heteroatoms. The van der Waals surface area contributed by atoms with Crippen molar-refractivity contribution >= 4 is 0 Å². The smallest absolute Gasteiger partial charge is 0.143 e. The first-order valence-electron chi connectivity index (χ1n) is 5.34. The summed E-state index contributed by atoms with van der Waals surface area (Å²) in [4.78, 5) is 0. The van der Waals surface area contributed by atoms with Crippen molar-refractivity contribution in [3.05, 3.63) is 42.9 Å². The summed E-state index contributed by atoms with van der Waals surface area (Å²) in [5, 5.41) is 11.0. The molecule has 0 unspecified atom stereocenters. The van der Waals surface area contributed by atoms with Crippen LogP contribution in [0, 0.1) is 0 Å². The van der Waals surface area contributed by atoms with Gasteiger partial charge in [-0.15, -0.1) is 5.10 Å². The van der Waals surface area contributed by atoms with E-state index in [1.807, 2.05) is 30.3 Å². The van der Waals surface area contributed by atoms with Gasteiger partial charge in [0.2, 0.25) is 0 Å². The van der Waals surface area contributed by atoms with Gasteiger partial charge < -0.3 is 9.15 Å². The Labute approximate surface area is 103 Å². The molecule has 0 bridgehead atoms. The Morgan fingerprint density at radius 3 is 2.89 bits per heavy atom. The maximum atomic E-state index is 5.37. The topological polar surface area (TPSA) is 66.0 Å². The minimum Gasteiger partial charge on any atom is -0.496 e. The number of furan rings is 1. The van der Waals surface area contributed by atoms with Crippen LogP contribution in [0.1, 0.15) is 0 Å². The van der Waals surface area contributed by atoms with Crippen molar-refractivity contribution in [2.24, 2.45) is 0 Å². The lowest BCUT2D eigenvalue weighted by atomic mass is 10.1. The van der Waals surface area contributed by atoms with Crippen molar-refractivity contribution < 1.29 is 9.15 Å². The molecule has 0 amide bonds. The van der Waals surface area contributed by atoms with Gasteiger partial charge in [0.1, 0.15) is 17.8 Å². The fourth-order valence-electron chi connectivity index (χ4n) is 1.74. The molecule has 0 saturated carbocycles. The van der Waals surface area contributed by atoms with Gasteiger partial charge in [-0.3, -0.25) is 0 Å². The zero-order valence-electron chi connectivity index (χ0n) is 9.65. The molecule has 18 heavy (non-hydrogen) atoms. The second-order valence-electron chi connectivity index (χ2n) is 3.62. The van der Waals surface area contributed by atoms with E-state index in [0.717, 1.165) is 17.0 Å². The Morgan fingerprint density at radius 1 is 1.28 bits per heavy atom. The van der Waals surface area contributed by atoms with Crippen LogP contribution < -0.4 is 4.74 Å². The van der Waals surface area contributed by atoms with Crippen LogP contribution in [0.2, 0.25) is 0 Å². The zero-order chi connectivity index (χ0) is 12.4. The summed E-state index contributed by atoms with van der Waals surface area (Å²) >= 11 is 0. The van der Waals surface area contributed by atoms with Gasteiger partial charge in [-0.05, 0) is 34.7 Å². The van der Waals surface area contributed by atoms with Crippen LogP contribution >= 0.6 is 0 Å². The summed E-state index contributed by atoms with van der Waals surface area (Å²) in [7, 11) is 1.62. The molecule has 2 aromatic heterocycles. The molecule has 0 atom stereocenters. The number of aromatic nitrogens is 4. The highest BCUT2D eigenvalue weighted by molar-refractivity contribution is 5.67. The lowest BCUT2D eigenvalue weighted by Crippen LogP contribution is -1.96. The second-order valence-corrected chi connectivity index (χ2v) is 3.62. The van der Waals surface area contributed by atoms with Crippen LogP contribution in [0.5, 0.6) is 5.75 Å². The quantitative estimate of drug-likeness (QED) is 0.702. The lowest BCUT2D eigenvalue weighted by molar-refractivity contribution is 0.414. The standard InChI is InChI=1S/C12H10N4O2/c1-17-12-7-9(16-8-13-14-15-16)4-5-10(12)11-3-2-6-18-11/h2-8H,1H3. The molecule has 3 aromatic rings. The predicted molar refractivity (Wildman–Crippen MR) is 63.4 cm³/mol. The van der Waals surface area contributed by atoms with Crippen molar-refractivity contribution in [3.63, 3.8) is 0 Å². The average Bonchev–Trinajstić information content (AvgIpc) is 3.11. The Bertz CT molecular complexity index is 632. The van der Waals surface area contributed by atoms with E-state index in [1.54, 1.807) is 18.1 Å². The Kier molecular flexibility index (Phi) is 2.53. The third kappa shape index (κ3) is 1.73. The molecule has 6 nitrogen and oxygen atoms in total. The maximum Gasteiger partial charge on any atom is 0.143 e. The molecule has 3 rings (SSSR count). The second kappa shape index (κ2) is 4.33. The molecule has 0 fully saturated rings. The zero-order valence-corrected chi connectivity index (χ0v) is 9.65. The van der Waals surface area contributed by atoms with Gasteiger partial charge in [-0.25, -0.2) is 4.68 Å². The fourth-order valence-corrected chi connectivity index (χ4v) is 1.74. The van der Waals surface area contributed by atoms with Gasteiger partial charge >= 0.3 is 0 Å². The molecule has 0 aliphatic rings. The summed E-state index contributed by atoms with van der Waals surface area (Å²) in [6, 6.07) is 9.39. The van der Waals surface area contributed by atoms with Crippen LogP contribution in [-0.2, 0) is 0 Å². The number of tetrazole rings is 1. The summed E-state index contributed by atoms with van der Waals surface area (Å²) < 4.78 is 12.3. The van der Waals surface area contributed by atoms with Crippen LogP contribution in [0.3, 0.4) is 0 Å².